The molecule has 124 valence electrons. The summed E-state index contributed by atoms with van der Waals surface area (Å²) in [6, 6.07) is 8.21. The molecule has 0 spiro atoms. The van der Waals surface area contributed by atoms with E-state index < -0.39 is 0 Å². The highest BCUT2D eigenvalue weighted by atomic mass is 35.5. The first-order valence-corrected chi connectivity index (χ1v) is 8.22. The van der Waals surface area contributed by atoms with Crippen LogP contribution in [0.5, 0.6) is 0 Å². The lowest BCUT2D eigenvalue weighted by Crippen LogP contribution is -2.51. The van der Waals surface area contributed by atoms with Crippen molar-refractivity contribution in [2.75, 3.05) is 39.3 Å². The largest absolute Gasteiger partial charge is 0.315 e. The highest BCUT2D eigenvalue weighted by molar-refractivity contribution is 5.85. The highest BCUT2D eigenvalue weighted by Gasteiger charge is 2.28. The third-order valence-electron chi connectivity index (χ3n) is 4.98. The van der Waals surface area contributed by atoms with Crippen LogP contribution in [0.1, 0.15) is 31.4 Å². The number of rotatable bonds is 4. The standard InChI is InChI=1S/C17H26FN3.ClH/c1-2-17(14-3-5-15(18)6-4-14)21-11-9-20(10-12-21)16-7-8-19-13-16;/h3-6,16-17,19H,2,7-13H2,1H3;1H. The first-order chi connectivity index (χ1) is 10.3. The predicted molar refractivity (Wildman–Crippen MR) is 91.1 cm³/mol. The Kier molecular flexibility index (Phi) is 6.63. The second-order valence-electron chi connectivity index (χ2n) is 6.19. The molecule has 2 atom stereocenters. The molecular weight excluding hydrogens is 301 g/mol. The van der Waals surface area contributed by atoms with Gasteiger partial charge in [0.05, 0.1) is 0 Å². The monoisotopic (exact) mass is 327 g/mol. The van der Waals surface area contributed by atoms with Crippen molar-refractivity contribution in [3.8, 4) is 0 Å². The second-order valence-corrected chi connectivity index (χ2v) is 6.19. The molecule has 3 rings (SSSR count). The van der Waals surface area contributed by atoms with Crippen molar-refractivity contribution in [1.29, 1.82) is 0 Å². The SMILES string of the molecule is CCC(c1ccc(F)cc1)N1CCN(C2CCNC2)CC1.Cl. The Balaban J connectivity index is 0.00000176. The lowest BCUT2D eigenvalue weighted by Gasteiger charge is -2.41. The van der Waals surface area contributed by atoms with Crippen LogP contribution in [0, 0.1) is 5.82 Å². The minimum atomic E-state index is -0.146. The number of piperazine rings is 1. The number of halogens is 2. The Morgan fingerprint density at radius 1 is 1.18 bits per heavy atom. The molecule has 3 nitrogen and oxygen atoms in total. The van der Waals surface area contributed by atoms with Gasteiger partial charge in [-0.25, -0.2) is 4.39 Å². The molecule has 1 aromatic carbocycles. The molecule has 0 aliphatic carbocycles. The zero-order chi connectivity index (χ0) is 14.7. The first kappa shape index (κ1) is 17.7. The molecule has 5 heteroatoms. The van der Waals surface area contributed by atoms with Crippen LogP contribution in [-0.4, -0.2) is 55.1 Å². The maximum atomic E-state index is 13.1. The van der Waals surface area contributed by atoms with Gasteiger partial charge in [0.2, 0.25) is 0 Å². The summed E-state index contributed by atoms with van der Waals surface area (Å²) in [6.45, 7) is 9.08. The van der Waals surface area contributed by atoms with Crippen LogP contribution in [0.2, 0.25) is 0 Å². The molecule has 0 bridgehead atoms. The third kappa shape index (κ3) is 3.99. The number of benzene rings is 1. The van der Waals surface area contributed by atoms with Gasteiger partial charge >= 0.3 is 0 Å². The average Bonchev–Trinajstić information content (AvgIpc) is 3.05. The molecule has 0 saturated carbocycles. The van der Waals surface area contributed by atoms with Gasteiger partial charge in [0.25, 0.3) is 0 Å². The molecule has 0 amide bonds. The zero-order valence-corrected chi connectivity index (χ0v) is 14.1. The van der Waals surface area contributed by atoms with E-state index in [1.807, 2.05) is 12.1 Å². The van der Waals surface area contributed by atoms with Crippen molar-refractivity contribution in [2.24, 2.45) is 0 Å². The maximum absolute atomic E-state index is 13.1. The summed E-state index contributed by atoms with van der Waals surface area (Å²) in [7, 11) is 0. The fourth-order valence-corrected chi connectivity index (χ4v) is 3.75. The minimum absolute atomic E-state index is 0. The molecule has 2 unspecified atom stereocenters. The van der Waals surface area contributed by atoms with Gasteiger partial charge in [-0.3, -0.25) is 9.80 Å². The van der Waals surface area contributed by atoms with Crippen LogP contribution in [0.3, 0.4) is 0 Å². The molecule has 1 N–H and O–H groups in total. The van der Waals surface area contributed by atoms with E-state index in [0.717, 1.165) is 51.7 Å². The number of nitrogens with zero attached hydrogens (tertiary/aromatic N) is 2. The normalized spacial score (nSPS) is 24.9. The molecule has 1 aromatic rings. The van der Waals surface area contributed by atoms with Gasteiger partial charge in [-0.1, -0.05) is 19.1 Å². The summed E-state index contributed by atoms with van der Waals surface area (Å²) in [5.74, 6) is -0.146. The molecule has 0 radical (unpaired) electrons. The van der Waals surface area contributed by atoms with E-state index in [4.69, 9.17) is 0 Å². The molecule has 2 aliphatic rings. The number of hydrogen-bond donors (Lipinski definition) is 1. The Morgan fingerprint density at radius 3 is 2.41 bits per heavy atom. The van der Waals surface area contributed by atoms with E-state index in [1.54, 1.807) is 12.1 Å². The Hall–Kier alpha value is -0.680. The second kappa shape index (κ2) is 8.25. The van der Waals surface area contributed by atoms with Crippen molar-refractivity contribution in [2.45, 2.75) is 31.8 Å². The van der Waals surface area contributed by atoms with Gasteiger partial charge in [-0.15, -0.1) is 12.4 Å². The molecule has 22 heavy (non-hydrogen) atoms. The van der Waals surface area contributed by atoms with E-state index in [2.05, 4.69) is 22.0 Å². The molecule has 0 aromatic heterocycles. The number of nitrogens with one attached hydrogen (secondary N) is 1. The fourth-order valence-electron chi connectivity index (χ4n) is 3.75. The first-order valence-electron chi connectivity index (χ1n) is 8.22. The van der Waals surface area contributed by atoms with E-state index in [1.165, 1.54) is 12.0 Å². The molecular formula is C17H27ClFN3. The van der Waals surface area contributed by atoms with Gasteiger partial charge < -0.3 is 5.32 Å². The van der Waals surface area contributed by atoms with Crippen molar-refractivity contribution in [1.82, 2.24) is 15.1 Å². The molecule has 2 aliphatic heterocycles. The van der Waals surface area contributed by atoms with Crippen molar-refractivity contribution < 1.29 is 4.39 Å². The zero-order valence-electron chi connectivity index (χ0n) is 13.3. The van der Waals surface area contributed by atoms with Crippen LogP contribution < -0.4 is 5.32 Å². The van der Waals surface area contributed by atoms with Crippen LogP contribution in [0.25, 0.3) is 0 Å². The summed E-state index contributed by atoms with van der Waals surface area (Å²) in [5.41, 5.74) is 1.25. The summed E-state index contributed by atoms with van der Waals surface area (Å²) >= 11 is 0. The van der Waals surface area contributed by atoms with E-state index in [0.29, 0.717) is 6.04 Å². The quantitative estimate of drug-likeness (QED) is 0.917. The lowest BCUT2D eigenvalue weighted by molar-refractivity contribution is 0.0720. The average molecular weight is 328 g/mol. The fraction of sp³-hybridized carbons (Fsp3) is 0.647. The van der Waals surface area contributed by atoms with Gasteiger partial charge in [0.1, 0.15) is 5.82 Å². The molecule has 2 heterocycles. The van der Waals surface area contributed by atoms with Gasteiger partial charge in [-0.2, -0.15) is 0 Å². The van der Waals surface area contributed by atoms with Crippen LogP contribution in [0.4, 0.5) is 4.39 Å². The van der Waals surface area contributed by atoms with Gasteiger partial charge in [-0.05, 0) is 37.1 Å². The lowest BCUT2D eigenvalue weighted by atomic mass is 10.0. The third-order valence-corrected chi connectivity index (χ3v) is 4.98. The summed E-state index contributed by atoms with van der Waals surface area (Å²) < 4.78 is 13.1. The molecule has 2 fully saturated rings. The summed E-state index contributed by atoms with van der Waals surface area (Å²) in [5, 5.41) is 3.46. The highest BCUT2D eigenvalue weighted by Crippen LogP contribution is 2.26. The van der Waals surface area contributed by atoms with E-state index >= 15 is 0 Å². The predicted octanol–water partition coefficient (Wildman–Crippen LogP) is 2.68. The van der Waals surface area contributed by atoms with Gasteiger partial charge in [0.15, 0.2) is 0 Å². The summed E-state index contributed by atoms with van der Waals surface area (Å²) in [4.78, 5) is 5.19. The van der Waals surface area contributed by atoms with Crippen molar-refractivity contribution in [3.05, 3.63) is 35.6 Å². The van der Waals surface area contributed by atoms with Crippen molar-refractivity contribution >= 4 is 12.4 Å². The van der Waals surface area contributed by atoms with Gasteiger partial charge in [0, 0.05) is 44.8 Å². The van der Waals surface area contributed by atoms with Crippen molar-refractivity contribution in [3.63, 3.8) is 0 Å². The van der Waals surface area contributed by atoms with E-state index in [-0.39, 0.29) is 18.2 Å². The summed E-state index contributed by atoms with van der Waals surface area (Å²) in [6.07, 6.45) is 2.37. The van der Waals surface area contributed by atoms with E-state index in [9.17, 15) is 4.39 Å². The smallest absolute Gasteiger partial charge is 0.123 e. The Labute approximate surface area is 139 Å². The maximum Gasteiger partial charge on any atom is 0.123 e. The molecule has 2 saturated heterocycles. The van der Waals surface area contributed by atoms with Crippen LogP contribution in [-0.2, 0) is 0 Å². The van der Waals surface area contributed by atoms with Crippen LogP contribution in [0.15, 0.2) is 24.3 Å². The number of hydrogen-bond acceptors (Lipinski definition) is 3. The topological polar surface area (TPSA) is 18.5 Å². The van der Waals surface area contributed by atoms with Crippen LogP contribution >= 0.6 is 12.4 Å². The Morgan fingerprint density at radius 2 is 1.86 bits per heavy atom. The minimum Gasteiger partial charge on any atom is -0.315 e. The Bertz CT molecular complexity index is 440.